The third kappa shape index (κ3) is 2.35. The van der Waals surface area contributed by atoms with Crippen LogP contribution in [0.2, 0.25) is 0 Å². The van der Waals surface area contributed by atoms with Crippen LogP contribution in [0, 0.1) is 0 Å². The lowest BCUT2D eigenvalue weighted by atomic mass is 10.4. The molecule has 0 atom stereocenters. The van der Waals surface area contributed by atoms with Gasteiger partial charge in [-0.1, -0.05) is 0 Å². The maximum Gasteiger partial charge on any atom is 0.328 e. The molecule has 0 aromatic carbocycles. The number of imidazole rings is 1. The maximum atomic E-state index is 11.8. The molecule has 5 nitrogen and oxygen atoms in total. The normalized spacial score (nSPS) is 15.1. The first-order valence-corrected chi connectivity index (χ1v) is 5.76. The Balaban J connectivity index is 1.94. The number of hydrogen-bond donors (Lipinski definition) is 1. The molecule has 1 fully saturated rings. The van der Waals surface area contributed by atoms with Crippen molar-refractivity contribution >= 4 is 5.91 Å². The molecule has 1 N–H and O–H groups in total. The first-order chi connectivity index (χ1) is 7.72. The average molecular weight is 223 g/mol. The Morgan fingerprint density at radius 2 is 2.25 bits per heavy atom. The van der Waals surface area contributed by atoms with Crippen molar-refractivity contribution in [1.29, 1.82) is 0 Å². The largest absolute Gasteiger partial charge is 0.356 e. The summed E-state index contributed by atoms with van der Waals surface area (Å²) in [4.78, 5) is 23.1. The fourth-order valence-electron chi connectivity index (χ4n) is 1.74. The summed E-state index contributed by atoms with van der Waals surface area (Å²) in [6.07, 6.45) is 6.14. The Hall–Kier alpha value is -1.52. The van der Waals surface area contributed by atoms with Gasteiger partial charge in [0.05, 0.1) is 0 Å². The van der Waals surface area contributed by atoms with Crippen LogP contribution in [0.15, 0.2) is 17.2 Å². The van der Waals surface area contributed by atoms with Crippen molar-refractivity contribution in [3.05, 3.63) is 22.9 Å². The van der Waals surface area contributed by atoms with Gasteiger partial charge in [0.25, 0.3) is 0 Å². The minimum atomic E-state index is -0.00595. The lowest BCUT2D eigenvalue weighted by Gasteiger charge is -2.02. The van der Waals surface area contributed by atoms with Gasteiger partial charge in [-0.15, -0.1) is 0 Å². The maximum absolute atomic E-state index is 11.8. The lowest BCUT2D eigenvalue weighted by Crippen LogP contribution is -2.28. The number of aryl methyl sites for hydroxylation is 1. The van der Waals surface area contributed by atoms with E-state index in [2.05, 4.69) is 5.32 Å². The molecule has 0 saturated heterocycles. The molecule has 16 heavy (non-hydrogen) atoms. The van der Waals surface area contributed by atoms with E-state index in [1.807, 2.05) is 13.1 Å². The summed E-state index contributed by atoms with van der Waals surface area (Å²) in [6, 6.07) is 0.401. The number of nitrogens with zero attached hydrogens (tertiary/aromatic N) is 2. The van der Waals surface area contributed by atoms with Crippen molar-refractivity contribution in [3.63, 3.8) is 0 Å². The Morgan fingerprint density at radius 1 is 1.50 bits per heavy atom. The van der Waals surface area contributed by atoms with Crippen molar-refractivity contribution in [2.75, 3.05) is 6.54 Å². The Morgan fingerprint density at radius 3 is 2.88 bits per heavy atom. The van der Waals surface area contributed by atoms with Crippen LogP contribution in [0.4, 0.5) is 0 Å². The van der Waals surface area contributed by atoms with E-state index in [0.29, 0.717) is 25.6 Å². The Labute approximate surface area is 94.1 Å². The molecule has 2 rings (SSSR count). The second-order valence-corrected chi connectivity index (χ2v) is 4.12. The average Bonchev–Trinajstić information content (AvgIpc) is 3.02. The van der Waals surface area contributed by atoms with Gasteiger partial charge in [-0.3, -0.25) is 13.9 Å². The van der Waals surface area contributed by atoms with Crippen molar-refractivity contribution < 1.29 is 4.79 Å². The molecule has 1 aliphatic rings. The van der Waals surface area contributed by atoms with Crippen molar-refractivity contribution in [1.82, 2.24) is 14.5 Å². The highest BCUT2D eigenvalue weighted by molar-refractivity contribution is 5.75. The molecule has 1 aromatic rings. The van der Waals surface area contributed by atoms with Crippen LogP contribution in [0.25, 0.3) is 0 Å². The zero-order valence-corrected chi connectivity index (χ0v) is 9.48. The van der Waals surface area contributed by atoms with Crippen LogP contribution < -0.4 is 11.0 Å². The summed E-state index contributed by atoms with van der Waals surface area (Å²) >= 11 is 0. The number of carbonyl (C=O) groups is 1. The molecule has 0 aliphatic heterocycles. The van der Waals surface area contributed by atoms with Crippen LogP contribution in [0.3, 0.4) is 0 Å². The predicted octanol–water partition coefficient (Wildman–Crippen LogP) is 0.511. The van der Waals surface area contributed by atoms with Gasteiger partial charge in [0, 0.05) is 37.9 Å². The zero-order chi connectivity index (χ0) is 11.5. The molecule has 0 unspecified atom stereocenters. The van der Waals surface area contributed by atoms with Crippen LogP contribution in [-0.2, 0) is 11.3 Å². The van der Waals surface area contributed by atoms with E-state index in [9.17, 15) is 9.59 Å². The van der Waals surface area contributed by atoms with E-state index >= 15 is 0 Å². The van der Waals surface area contributed by atoms with E-state index in [4.69, 9.17) is 0 Å². The van der Waals surface area contributed by atoms with Crippen molar-refractivity contribution in [2.45, 2.75) is 38.8 Å². The number of hydrogen-bond acceptors (Lipinski definition) is 2. The highest BCUT2D eigenvalue weighted by atomic mass is 16.2. The van der Waals surface area contributed by atoms with Gasteiger partial charge >= 0.3 is 5.69 Å². The quantitative estimate of drug-likeness (QED) is 0.790. The van der Waals surface area contributed by atoms with E-state index in [-0.39, 0.29) is 11.6 Å². The van der Waals surface area contributed by atoms with Crippen molar-refractivity contribution in [2.24, 2.45) is 0 Å². The number of carbonyl (C=O) groups excluding carboxylic acids is 1. The second kappa shape index (κ2) is 4.55. The first-order valence-electron chi connectivity index (χ1n) is 5.76. The standard InChI is InChI=1S/C11H17N3O2/c1-2-12-10(15)5-6-13-7-8-14(11(13)16)9-3-4-9/h7-9H,2-6H2,1H3,(H,12,15). The fourth-order valence-corrected chi connectivity index (χ4v) is 1.74. The van der Waals surface area contributed by atoms with Crippen LogP contribution >= 0.6 is 0 Å². The molecule has 0 radical (unpaired) electrons. The minimum Gasteiger partial charge on any atom is -0.356 e. The molecule has 1 amide bonds. The summed E-state index contributed by atoms with van der Waals surface area (Å²) < 4.78 is 3.37. The number of amides is 1. The number of rotatable bonds is 5. The summed E-state index contributed by atoms with van der Waals surface area (Å²) in [7, 11) is 0. The van der Waals surface area contributed by atoms with E-state index < -0.39 is 0 Å². The molecular weight excluding hydrogens is 206 g/mol. The summed E-state index contributed by atoms with van der Waals surface area (Å²) in [5.74, 6) is -0.00595. The Kier molecular flexibility index (Phi) is 3.12. The van der Waals surface area contributed by atoms with Gasteiger partial charge in [-0.05, 0) is 19.8 Å². The molecule has 88 valence electrons. The fraction of sp³-hybridized carbons (Fsp3) is 0.636. The molecule has 1 heterocycles. The van der Waals surface area contributed by atoms with Gasteiger partial charge in [0.15, 0.2) is 0 Å². The third-order valence-electron chi connectivity index (χ3n) is 2.77. The van der Waals surface area contributed by atoms with Gasteiger partial charge in [0.1, 0.15) is 0 Å². The summed E-state index contributed by atoms with van der Waals surface area (Å²) in [5.41, 5.74) is 0.00629. The number of nitrogens with one attached hydrogen (secondary N) is 1. The van der Waals surface area contributed by atoms with Gasteiger partial charge in [-0.25, -0.2) is 4.79 Å². The Bertz CT molecular complexity index is 429. The van der Waals surface area contributed by atoms with E-state index in [1.165, 1.54) is 0 Å². The third-order valence-corrected chi connectivity index (χ3v) is 2.77. The molecule has 1 aromatic heterocycles. The molecule has 0 bridgehead atoms. The van der Waals surface area contributed by atoms with Crippen LogP contribution in [0.1, 0.15) is 32.2 Å². The smallest absolute Gasteiger partial charge is 0.328 e. The van der Waals surface area contributed by atoms with E-state index in [1.54, 1.807) is 15.3 Å². The topological polar surface area (TPSA) is 56.0 Å². The second-order valence-electron chi connectivity index (χ2n) is 4.12. The summed E-state index contributed by atoms with van der Waals surface area (Å²) in [6.45, 7) is 2.98. The van der Waals surface area contributed by atoms with Gasteiger partial charge in [0.2, 0.25) is 5.91 Å². The van der Waals surface area contributed by atoms with Gasteiger partial charge < -0.3 is 5.32 Å². The molecule has 1 aliphatic carbocycles. The highest BCUT2D eigenvalue weighted by Crippen LogP contribution is 2.33. The lowest BCUT2D eigenvalue weighted by molar-refractivity contribution is -0.121. The predicted molar refractivity (Wildman–Crippen MR) is 60.3 cm³/mol. The monoisotopic (exact) mass is 223 g/mol. The minimum absolute atomic E-state index is 0.00595. The molecule has 0 spiro atoms. The van der Waals surface area contributed by atoms with Crippen LogP contribution in [0.5, 0.6) is 0 Å². The van der Waals surface area contributed by atoms with Gasteiger partial charge in [-0.2, -0.15) is 0 Å². The number of aromatic nitrogens is 2. The molecule has 5 heteroatoms. The molecular formula is C11H17N3O2. The molecule has 1 saturated carbocycles. The van der Waals surface area contributed by atoms with Crippen molar-refractivity contribution in [3.8, 4) is 0 Å². The zero-order valence-electron chi connectivity index (χ0n) is 9.48. The highest BCUT2D eigenvalue weighted by Gasteiger charge is 2.25. The summed E-state index contributed by atoms with van der Waals surface area (Å²) in [5, 5.41) is 2.72. The first kappa shape index (κ1) is 11.0. The van der Waals surface area contributed by atoms with E-state index in [0.717, 1.165) is 12.8 Å². The SMILES string of the molecule is CCNC(=O)CCn1ccn(C2CC2)c1=O. The van der Waals surface area contributed by atoms with Crippen LogP contribution in [-0.4, -0.2) is 21.6 Å².